The van der Waals surface area contributed by atoms with E-state index in [2.05, 4.69) is 4.98 Å². The van der Waals surface area contributed by atoms with Gasteiger partial charge in [0.2, 0.25) is 11.8 Å². The van der Waals surface area contributed by atoms with Gasteiger partial charge < -0.3 is 15.1 Å². The van der Waals surface area contributed by atoms with Gasteiger partial charge in [-0.2, -0.15) is 0 Å². The fourth-order valence-electron chi connectivity index (χ4n) is 2.20. The predicted octanol–water partition coefficient (Wildman–Crippen LogP) is 3.98. The molecule has 0 saturated heterocycles. The zero-order chi connectivity index (χ0) is 18.7. The second kappa shape index (κ2) is 7.76. The first-order chi connectivity index (χ1) is 12.5. The molecule has 0 aliphatic heterocycles. The van der Waals surface area contributed by atoms with Crippen LogP contribution in [-0.4, -0.2) is 25.9 Å². The summed E-state index contributed by atoms with van der Waals surface area (Å²) < 4.78 is 0.680. The molecule has 0 atom stereocenters. The highest BCUT2D eigenvalue weighted by atomic mass is 33.1. The summed E-state index contributed by atoms with van der Waals surface area (Å²) in [5.74, 6) is -1.39. The van der Waals surface area contributed by atoms with Crippen LogP contribution in [0, 0.1) is 13.8 Å². The topological polar surface area (TPSA) is 84.6 Å². The van der Waals surface area contributed by atoms with Crippen LogP contribution >= 0.6 is 21.6 Å². The van der Waals surface area contributed by atoms with Gasteiger partial charge in [0.05, 0.1) is 5.56 Å². The summed E-state index contributed by atoms with van der Waals surface area (Å²) >= 11 is 0. The number of hydrogen-bond acceptors (Lipinski definition) is 7. The Kier molecular flexibility index (Phi) is 5.43. The summed E-state index contributed by atoms with van der Waals surface area (Å²) in [6.07, 6.45) is 1.72. The van der Waals surface area contributed by atoms with Crippen molar-refractivity contribution < 1.29 is 19.8 Å². The van der Waals surface area contributed by atoms with Gasteiger partial charge in [-0.3, -0.25) is 0 Å². The van der Waals surface area contributed by atoms with Crippen molar-refractivity contribution in [1.82, 2.24) is 9.71 Å². The normalized spacial score (nSPS) is 10.7. The van der Waals surface area contributed by atoms with Crippen LogP contribution in [0.4, 0.5) is 0 Å². The van der Waals surface area contributed by atoms with Crippen LogP contribution in [0.25, 0.3) is 0 Å². The first-order valence-electron chi connectivity index (χ1n) is 7.65. The number of nitrogens with zero attached hydrogens (tertiary/aromatic N) is 2. The number of carbonyl (C=O) groups excluding carboxylic acids is 1. The van der Waals surface area contributed by atoms with E-state index in [-0.39, 0.29) is 11.8 Å². The Bertz CT molecular complexity index is 922. The van der Waals surface area contributed by atoms with E-state index in [0.29, 0.717) is 10.3 Å². The third-order valence-electron chi connectivity index (χ3n) is 3.69. The molecule has 1 aromatic carbocycles. The predicted molar refractivity (Wildman–Crippen MR) is 101 cm³/mol. The highest BCUT2D eigenvalue weighted by Gasteiger charge is 2.18. The van der Waals surface area contributed by atoms with E-state index in [4.69, 9.17) is 4.84 Å². The summed E-state index contributed by atoms with van der Waals surface area (Å²) in [4.78, 5) is 22.8. The minimum Gasteiger partial charge on any atom is -0.492 e. The lowest BCUT2D eigenvalue weighted by Gasteiger charge is -2.12. The molecule has 0 aliphatic rings. The van der Waals surface area contributed by atoms with Gasteiger partial charge in [0.1, 0.15) is 5.03 Å². The lowest BCUT2D eigenvalue weighted by molar-refractivity contribution is 0.0380. The van der Waals surface area contributed by atoms with E-state index in [1.807, 2.05) is 38.1 Å². The maximum absolute atomic E-state index is 12.5. The van der Waals surface area contributed by atoms with Gasteiger partial charge >= 0.3 is 5.97 Å². The molecule has 0 aliphatic carbocycles. The first kappa shape index (κ1) is 18.2. The van der Waals surface area contributed by atoms with Gasteiger partial charge in [0.15, 0.2) is 0 Å². The lowest BCUT2D eigenvalue weighted by Crippen LogP contribution is -2.20. The Morgan fingerprint density at radius 1 is 1.08 bits per heavy atom. The van der Waals surface area contributed by atoms with Crippen LogP contribution in [0.15, 0.2) is 58.6 Å². The monoisotopic (exact) mass is 388 g/mol. The van der Waals surface area contributed by atoms with Gasteiger partial charge in [0, 0.05) is 23.2 Å². The quantitative estimate of drug-likeness (QED) is 0.640. The zero-order valence-corrected chi connectivity index (χ0v) is 15.7. The average Bonchev–Trinajstić information content (AvgIpc) is 2.95. The van der Waals surface area contributed by atoms with Crippen molar-refractivity contribution >= 4 is 27.6 Å². The highest BCUT2D eigenvalue weighted by Crippen LogP contribution is 2.37. The molecule has 134 valence electrons. The van der Waals surface area contributed by atoms with Crippen molar-refractivity contribution in [3.05, 3.63) is 65.4 Å². The molecule has 0 saturated carbocycles. The molecule has 2 N–H and O–H groups in total. The second-order valence-corrected chi connectivity index (χ2v) is 7.69. The molecule has 0 spiro atoms. The van der Waals surface area contributed by atoms with Crippen molar-refractivity contribution in [3.63, 3.8) is 0 Å². The van der Waals surface area contributed by atoms with Crippen LogP contribution in [0.2, 0.25) is 0 Å². The molecule has 8 heteroatoms. The van der Waals surface area contributed by atoms with Gasteiger partial charge in [-0.25, -0.2) is 9.78 Å². The Hall–Kier alpha value is -2.58. The fraction of sp³-hybridized carbons (Fsp3) is 0.111. The number of benzene rings is 1. The minimum atomic E-state index is -0.669. The third-order valence-corrected chi connectivity index (χ3v) is 5.96. The summed E-state index contributed by atoms with van der Waals surface area (Å²) in [5.41, 5.74) is 2.07. The third kappa shape index (κ3) is 3.97. The summed E-state index contributed by atoms with van der Waals surface area (Å²) in [6, 6.07) is 11.8. The van der Waals surface area contributed by atoms with Gasteiger partial charge in [0.25, 0.3) is 0 Å². The molecule has 0 fully saturated rings. The molecule has 6 nitrogen and oxygen atoms in total. The lowest BCUT2D eigenvalue weighted by atomic mass is 10.0. The Morgan fingerprint density at radius 3 is 2.46 bits per heavy atom. The van der Waals surface area contributed by atoms with E-state index in [0.717, 1.165) is 21.0 Å². The van der Waals surface area contributed by atoms with E-state index in [1.54, 1.807) is 12.3 Å². The second-order valence-electron chi connectivity index (χ2n) is 5.47. The molecule has 26 heavy (non-hydrogen) atoms. The van der Waals surface area contributed by atoms with Crippen molar-refractivity contribution in [2.45, 2.75) is 23.8 Å². The number of aryl methyl sites for hydroxylation is 1. The van der Waals surface area contributed by atoms with Crippen LogP contribution in [0.5, 0.6) is 11.8 Å². The molecule has 3 rings (SSSR count). The molecule has 0 unspecified atom stereocenters. The van der Waals surface area contributed by atoms with E-state index in [9.17, 15) is 15.0 Å². The van der Waals surface area contributed by atoms with Crippen molar-refractivity contribution in [3.8, 4) is 11.8 Å². The Morgan fingerprint density at radius 2 is 1.81 bits per heavy atom. The van der Waals surface area contributed by atoms with Gasteiger partial charge in [-0.15, -0.1) is 4.73 Å². The van der Waals surface area contributed by atoms with E-state index >= 15 is 0 Å². The van der Waals surface area contributed by atoms with Crippen molar-refractivity contribution in [2.24, 2.45) is 0 Å². The smallest absolute Gasteiger partial charge is 0.364 e. The summed E-state index contributed by atoms with van der Waals surface area (Å²) in [6.45, 7) is 3.73. The summed E-state index contributed by atoms with van der Waals surface area (Å²) in [7, 11) is 2.97. The molecule has 2 aromatic heterocycles. The molecular weight excluding hydrogens is 372 g/mol. The van der Waals surface area contributed by atoms with Crippen LogP contribution in [0.1, 0.15) is 21.5 Å². The zero-order valence-electron chi connectivity index (χ0n) is 14.0. The van der Waals surface area contributed by atoms with E-state index in [1.165, 1.54) is 33.7 Å². The number of carbonyl (C=O) groups is 1. The van der Waals surface area contributed by atoms with Gasteiger partial charge in [-0.1, -0.05) is 16.9 Å². The largest absolute Gasteiger partial charge is 0.492 e. The molecule has 2 heterocycles. The van der Waals surface area contributed by atoms with E-state index < -0.39 is 5.97 Å². The number of rotatable bonds is 5. The number of aromatic hydroxyl groups is 2. The average molecular weight is 388 g/mol. The number of hydrogen-bond donors (Lipinski definition) is 2. The Labute approximate surface area is 158 Å². The highest BCUT2D eigenvalue weighted by molar-refractivity contribution is 8.76. The van der Waals surface area contributed by atoms with Crippen LogP contribution in [-0.2, 0) is 0 Å². The van der Waals surface area contributed by atoms with Crippen molar-refractivity contribution in [1.29, 1.82) is 0 Å². The molecule has 3 aromatic rings. The van der Waals surface area contributed by atoms with Crippen LogP contribution < -0.4 is 4.84 Å². The minimum absolute atomic E-state index is 0.360. The number of pyridine rings is 1. The fourth-order valence-corrected chi connectivity index (χ4v) is 4.14. The van der Waals surface area contributed by atoms with Crippen LogP contribution in [0.3, 0.4) is 0 Å². The van der Waals surface area contributed by atoms with Gasteiger partial charge in [-0.05, 0) is 60.0 Å². The standard InChI is InChI=1S/C18H16N2O4S2/c1-11-9-13(25-26-15-5-3-4-8-19-15)10-14(12(11)2)18(23)24-20-16(21)6-7-17(20)22/h3-10,21-22H,1-2H3. The Balaban J connectivity index is 1.82. The molecule has 0 bridgehead atoms. The SMILES string of the molecule is Cc1cc(SSc2ccccn2)cc(C(=O)On2c(O)ccc2O)c1C. The summed E-state index contributed by atoms with van der Waals surface area (Å²) in [5, 5.41) is 20.1. The molecule has 0 amide bonds. The number of aromatic nitrogens is 2. The molecule has 0 radical (unpaired) electrons. The maximum atomic E-state index is 12.5. The molecular formula is C18H16N2O4S2. The van der Waals surface area contributed by atoms with Crippen molar-refractivity contribution in [2.75, 3.05) is 0 Å². The first-order valence-corrected chi connectivity index (χ1v) is 9.80. The maximum Gasteiger partial charge on any atom is 0.364 e.